The minimum Gasteiger partial charge on any atom is -0.463 e. The fourth-order valence-corrected chi connectivity index (χ4v) is 2.63. The van der Waals surface area contributed by atoms with Crippen LogP contribution in [0.4, 0.5) is 4.79 Å². The number of carbonyl (C=O) groups excluding carboxylic acids is 3. The number of hydrogen-bond donors (Lipinski definition) is 2. The zero-order valence-corrected chi connectivity index (χ0v) is 14.8. The van der Waals surface area contributed by atoms with Crippen molar-refractivity contribution in [2.75, 3.05) is 13.2 Å². The fourth-order valence-electron chi connectivity index (χ4n) is 2.23. The Bertz CT molecular complexity index is 701. The van der Waals surface area contributed by atoms with Crippen LogP contribution in [-0.4, -0.2) is 37.2 Å². The molecule has 2 amide bonds. The van der Waals surface area contributed by atoms with Crippen molar-refractivity contribution < 1.29 is 23.9 Å². The van der Waals surface area contributed by atoms with E-state index in [1.54, 1.807) is 38.1 Å². The molecule has 1 atom stereocenters. The SMILES string of the molecule is CCOC(=O)C1=C(COC(=O)c2cccc(Br)c2)NC(=O)N[C@@H]1C. The summed E-state index contributed by atoms with van der Waals surface area (Å²) in [4.78, 5) is 35.8. The standard InChI is InChI=1S/C16H17BrN2O5/c1-3-23-15(21)13-9(2)18-16(22)19-12(13)8-24-14(20)10-5-4-6-11(17)7-10/h4-7,9H,3,8H2,1-2H3,(H2,18,19,22)/t9-/m1/s1. The van der Waals surface area contributed by atoms with Crippen LogP contribution in [0.1, 0.15) is 24.2 Å². The molecule has 0 saturated heterocycles. The molecule has 1 aromatic rings. The van der Waals surface area contributed by atoms with E-state index in [-0.39, 0.29) is 24.5 Å². The first kappa shape index (κ1) is 18.0. The lowest BCUT2D eigenvalue weighted by molar-refractivity contribution is -0.139. The summed E-state index contributed by atoms with van der Waals surface area (Å²) >= 11 is 3.28. The Hall–Kier alpha value is -2.35. The second-order valence-corrected chi connectivity index (χ2v) is 5.94. The predicted octanol–water partition coefficient (Wildman–Crippen LogP) is 2.12. The number of esters is 2. The van der Waals surface area contributed by atoms with Crippen molar-refractivity contribution in [2.24, 2.45) is 0 Å². The summed E-state index contributed by atoms with van der Waals surface area (Å²) in [5.41, 5.74) is 0.808. The summed E-state index contributed by atoms with van der Waals surface area (Å²) < 4.78 is 10.9. The third kappa shape index (κ3) is 4.35. The third-order valence-corrected chi connectivity index (χ3v) is 3.77. The van der Waals surface area contributed by atoms with E-state index in [2.05, 4.69) is 26.6 Å². The fraction of sp³-hybridized carbons (Fsp3) is 0.312. The molecule has 1 aliphatic rings. The quantitative estimate of drug-likeness (QED) is 0.743. The molecule has 0 bridgehead atoms. The van der Waals surface area contributed by atoms with Gasteiger partial charge in [-0.1, -0.05) is 22.0 Å². The maximum Gasteiger partial charge on any atom is 0.338 e. The van der Waals surface area contributed by atoms with Gasteiger partial charge in [-0.15, -0.1) is 0 Å². The van der Waals surface area contributed by atoms with Crippen molar-refractivity contribution >= 4 is 33.9 Å². The molecular formula is C16H17BrN2O5. The van der Waals surface area contributed by atoms with Gasteiger partial charge in [0.2, 0.25) is 0 Å². The summed E-state index contributed by atoms with van der Waals surface area (Å²) in [7, 11) is 0. The van der Waals surface area contributed by atoms with Gasteiger partial charge < -0.3 is 20.1 Å². The monoisotopic (exact) mass is 396 g/mol. The van der Waals surface area contributed by atoms with Crippen LogP contribution in [0.2, 0.25) is 0 Å². The van der Waals surface area contributed by atoms with Crippen molar-refractivity contribution in [3.8, 4) is 0 Å². The Morgan fingerprint density at radius 3 is 2.67 bits per heavy atom. The van der Waals surface area contributed by atoms with Crippen LogP contribution in [0.15, 0.2) is 40.0 Å². The molecule has 0 fully saturated rings. The smallest absolute Gasteiger partial charge is 0.338 e. The minimum atomic E-state index is -0.564. The second kappa shape index (κ2) is 7.96. The number of benzene rings is 1. The van der Waals surface area contributed by atoms with Crippen molar-refractivity contribution in [1.82, 2.24) is 10.6 Å². The topological polar surface area (TPSA) is 93.7 Å². The van der Waals surface area contributed by atoms with E-state index < -0.39 is 24.0 Å². The van der Waals surface area contributed by atoms with E-state index in [1.807, 2.05) is 0 Å². The van der Waals surface area contributed by atoms with Gasteiger partial charge in [0.1, 0.15) is 6.61 Å². The molecule has 2 N–H and O–H groups in total. The van der Waals surface area contributed by atoms with Gasteiger partial charge in [0, 0.05) is 4.47 Å². The van der Waals surface area contributed by atoms with Crippen molar-refractivity contribution in [2.45, 2.75) is 19.9 Å². The highest BCUT2D eigenvalue weighted by molar-refractivity contribution is 9.10. The Morgan fingerprint density at radius 2 is 2.00 bits per heavy atom. The zero-order chi connectivity index (χ0) is 17.7. The van der Waals surface area contributed by atoms with Crippen LogP contribution in [0.5, 0.6) is 0 Å². The molecule has 128 valence electrons. The molecule has 1 aromatic carbocycles. The van der Waals surface area contributed by atoms with Crippen LogP contribution in [0.3, 0.4) is 0 Å². The average molecular weight is 397 g/mol. The third-order valence-electron chi connectivity index (χ3n) is 3.27. The first-order valence-corrected chi connectivity index (χ1v) is 8.12. The van der Waals surface area contributed by atoms with E-state index in [0.29, 0.717) is 5.56 Å². The largest absolute Gasteiger partial charge is 0.463 e. The molecule has 0 aromatic heterocycles. The zero-order valence-electron chi connectivity index (χ0n) is 13.2. The van der Waals surface area contributed by atoms with Crippen LogP contribution >= 0.6 is 15.9 Å². The summed E-state index contributed by atoms with van der Waals surface area (Å²) in [6.45, 7) is 3.30. The van der Waals surface area contributed by atoms with Gasteiger partial charge in [0.25, 0.3) is 0 Å². The second-order valence-electron chi connectivity index (χ2n) is 5.02. The molecule has 2 rings (SSSR count). The molecule has 0 aliphatic carbocycles. The van der Waals surface area contributed by atoms with Gasteiger partial charge in [-0.3, -0.25) is 0 Å². The molecule has 7 nitrogen and oxygen atoms in total. The first-order valence-electron chi connectivity index (χ1n) is 7.32. The summed E-state index contributed by atoms with van der Waals surface area (Å²) in [5, 5.41) is 5.07. The van der Waals surface area contributed by atoms with Crippen LogP contribution in [0.25, 0.3) is 0 Å². The highest BCUT2D eigenvalue weighted by Gasteiger charge is 2.30. The van der Waals surface area contributed by atoms with Gasteiger partial charge in [-0.2, -0.15) is 0 Å². The van der Waals surface area contributed by atoms with E-state index in [4.69, 9.17) is 9.47 Å². The number of hydrogen-bond acceptors (Lipinski definition) is 5. The molecule has 0 spiro atoms. The van der Waals surface area contributed by atoms with Gasteiger partial charge in [-0.05, 0) is 32.0 Å². The number of urea groups is 1. The highest BCUT2D eigenvalue weighted by atomic mass is 79.9. The lowest BCUT2D eigenvalue weighted by Gasteiger charge is -2.26. The Balaban J connectivity index is 2.17. The summed E-state index contributed by atoms with van der Waals surface area (Å²) in [5.74, 6) is -1.13. The number of carbonyl (C=O) groups is 3. The van der Waals surface area contributed by atoms with Crippen LogP contribution < -0.4 is 10.6 Å². The van der Waals surface area contributed by atoms with E-state index in [9.17, 15) is 14.4 Å². The molecule has 24 heavy (non-hydrogen) atoms. The van der Waals surface area contributed by atoms with Crippen molar-refractivity contribution in [3.05, 3.63) is 45.6 Å². The normalized spacial score (nSPS) is 17.0. The summed E-state index contributed by atoms with van der Waals surface area (Å²) in [6, 6.07) is 5.70. The van der Waals surface area contributed by atoms with Crippen LogP contribution in [-0.2, 0) is 14.3 Å². The molecule has 0 unspecified atom stereocenters. The van der Waals surface area contributed by atoms with Crippen molar-refractivity contribution in [1.29, 1.82) is 0 Å². The molecule has 0 radical (unpaired) electrons. The molecule has 1 aliphatic heterocycles. The first-order chi connectivity index (χ1) is 11.4. The van der Waals surface area contributed by atoms with E-state index in [0.717, 1.165) is 4.47 Å². The predicted molar refractivity (Wildman–Crippen MR) is 89.2 cm³/mol. The number of nitrogens with one attached hydrogen (secondary N) is 2. The Labute approximate surface area is 147 Å². The molecule has 1 heterocycles. The molecular weight excluding hydrogens is 380 g/mol. The maximum absolute atomic E-state index is 12.1. The van der Waals surface area contributed by atoms with Gasteiger partial charge >= 0.3 is 18.0 Å². The number of ether oxygens (including phenoxy) is 2. The number of amides is 2. The number of halogens is 1. The van der Waals surface area contributed by atoms with Crippen molar-refractivity contribution in [3.63, 3.8) is 0 Å². The maximum atomic E-state index is 12.1. The van der Waals surface area contributed by atoms with E-state index >= 15 is 0 Å². The van der Waals surface area contributed by atoms with Gasteiger partial charge in [0.05, 0.1) is 29.5 Å². The van der Waals surface area contributed by atoms with Gasteiger partial charge in [-0.25, -0.2) is 14.4 Å². The minimum absolute atomic E-state index is 0.202. The highest BCUT2D eigenvalue weighted by Crippen LogP contribution is 2.16. The Morgan fingerprint density at radius 1 is 1.25 bits per heavy atom. The lowest BCUT2D eigenvalue weighted by atomic mass is 10.0. The summed E-state index contributed by atoms with van der Waals surface area (Å²) in [6.07, 6.45) is 0. The number of rotatable bonds is 5. The molecule has 0 saturated carbocycles. The van der Waals surface area contributed by atoms with Gasteiger partial charge in [0.15, 0.2) is 0 Å². The average Bonchev–Trinajstić information content (AvgIpc) is 2.52. The van der Waals surface area contributed by atoms with Crippen LogP contribution in [0, 0.1) is 0 Å². The molecule has 8 heteroatoms. The Kier molecular flexibility index (Phi) is 5.97. The van der Waals surface area contributed by atoms with E-state index in [1.165, 1.54) is 0 Å². The lowest BCUT2D eigenvalue weighted by Crippen LogP contribution is -2.50.